The lowest BCUT2D eigenvalue weighted by molar-refractivity contribution is 0.262. The van der Waals surface area contributed by atoms with E-state index < -0.39 is 5.76 Å². The molecule has 0 aliphatic carbocycles. The van der Waals surface area contributed by atoms with Crippen LogP contribution in [-0.4, -0.2) is 10.2 Å². The fourth-order valence-corrected chi connectivity index (χ4v) is 1.78. The molecule has 0 aliphatic heterocycles. The van der Waals surface area contributed by atoms with E-state index in [1.54, 1.807) is 0 Å². The Balaban J connectivity index is 1.88. The summed E-state index contributed by atoms with van der Waals surface area (Å²) in [7, 11) is 0. The summed E-state index contributed by atoms with van der Waals surface area (Å²) in [5.41, 5.74) is 0. The zero-order valence-electron chi connectivity index (χ0n) is 9.42. The van der Waals surface area contributed by atoms with Gasteiger partial charge in [-0.3, -0.25) is 0 Å². The minimum atomic E-state index is -0.577. The van der Waals surface area contributed by atoms with Gasteiger partial charge in [0.15, 0.2) is 6.61 Å². The van der Waals surface area contributed by atoms with Gasteiger partial charge in [0.2, 0.25) is 0 Å². The third kappa shape index (κ3) is 1.98. The van der Waals surface area contributed by atoms with E-state index in [4.69, 9.17) is 9.15 Å². The number of aromatic amines is 1. The highest BCUT2D eigenvalue weighted by Gasteiger charge is 2.05. The van der Waals surface area contributed by atoms with E-state index in [-0.39, 0.29) is 12.5 Å². The van der Waals surface area contributed by atoms with Gasteiger partial charge in [-0.2, -0.15) is 0 Å². The van der Waals surface area contributed by atoms with Crippen LogP contribution in [-0.2, 0) is 6.61 Å². The van der Waals surface area contributed by atoms with Crippen LogP contribution in [0, 0.1) is 0 Å². The van der Waals surface area contributed by atoms with Crippen molar-refractivity contribution < 1.29 is 9.15 Å². The average molecular weight is 242 g/mol. The lowest BCUT2D eigenvalue weighted by atomic mass is 10.1. The zero-order valence-corrected chi connectivity index (χ0v) is 9.42. The summed E-state index contributed by atoms with van der Waals surface area (Å²) in [5.74, 6) is 0.387. The number of fused-ring (bicyclic) bond motifs is 1. The smallest absolute Gasteiger partial charge is 0.434 e. The van der Waals surface area contributed by atoms with E-state index in [0.717, 1.165) is 16.5 Å². The number of nitrogens with one attached hydrogen (secondary N) is 1. The SMILES string of the molecule is O=c1[nH]nc(COc2cccc3ccccc23)o1. The Morgan fingerprint density at radius 2 is 2.00 bits per heavy atom. The van der Waals surface area contributed by atoms with Gasteiger partial charge in [-0.05, 0) is 11.5 Å². The molecule has 5 heteroatoms. The molecule has 0 fully saturated rings. The molecule has 90 valence electrons. The Hall–Kier alpha value is -2.56. The Morgan fingerprint density at radius 3 is 2.83 bits per heavy atom. The van der Waals surface area contributed by atoms with Gasteiger partial charge in [-0.1, -0.05) is 36.4 Å². The van der Waals surface area contributed by atoms with Gasteiger partial charge >= 0.3 is 5.76 Å². The molecule has 0 saturated heterocycles. The molecule has 0 aliphatic rings. The third-order valence-electron chi connectivity index (χ3n) is 2.58. The van der Waals surface area contributed by atoms with Crippen molar-refractivity contribution in [3.63, 3.8) is 0 Å². The van der Waals surface area contributed by atoms with Crippen LogP contribution in [0.3, 0.4) is 0 Å². The van der Waals surface area contributed by atoms with E-state index in [2.05, 4.69) is 10.2 Å². The maximum atomic E-state index is 10.8. The topological polar surface area (TPSA) is 68.1 Å². The number of rotatable bonds is 3. The van der Waals surface area contributed by atoms with Crippen LogP contribution in [0.2, 0.25) is 0 Å². The summed E-state index contributed by atoms with van der Waals surface area (Å²) in [5, 5.41) is 7.98. The van der Waals surface area contributed by atoms with Crippen LogP contribution < -0.4 is 10.5 Å². The second-order valence-electron chi connectivity index (χ2n) is 3.77. The predicted molar refractivity (Wildman–Crippen MR) is 65.4 cm³/mol. The molecular formula is C13H10N2O3. The maximum absolute atomic E-state index is 10.8. The predicted octanol–water partition coefficient (Wildman–Crippen LogP) is 2.10. The normalized spacial score (nSPS) is 10.7. The molecule has 0 atom stereocenters. The largest absolute Gasteiger partial charge is 0.483 e. The van der Waals surface area contributed by atoms with Gasteiger partial charge in [0.25, 0.3) is 5.89 Å². The minimum absolute atomic E-state index is 0.118. The third-order valence-corrected chi connectivity index (χ3v) is 2.58. The Labute approximate surface area is 102 Å². The molecule has 2 aromatic carbocycles. The van der Waals surface area contributed by atoms with E-state index in [0.29, 0.717) is 0 Å². The zero-order chi connectivity index (χ0) is 12.4. The van der Waals surface area contributed by atoms with Gasteiger partial charge in [0, 0.05) is 5.39 Å². The van der Waals surface area contributed by atoms with Gasteiger partial charge in [-0.25, -0.2) is 9.89 Å². The highest BCUT2D eigenvalue weighted by atomic mass is 16.5. The van der Waals surface area contributed by atoms with Crippen LogP contribution in [0.1, 0.15) is 5.89 Å². The van der Waals surface area contributed by atoms with Crippen LogP contribution in [0.25, 0.3) is 10.8 Å². The molecule has 1 aromatic heterocycles. The summed E-state index contributed by atoms with van der Waals surface area (Å²) in [6.07, 6.45) is 0. The first-order chi connectivity index (χ1) is 8.83. The first kappa shape index (κ1) is 10.6. The van der Waals surface area contributed by atoms with Crippen LogP contribution in [0.15, 0.2) is 51.7 Å². The quantitative estimate of drug-likeness (QED) is 0.763. The number of H-pyrrole nitrogens is 1. The lowest BCUT2D eigenvalue weighted by Crippen LogP contribution is -1.96. The molecule has 0 saturated carbocycles. The Morgan fingerprint density at radius 1 is 1.17 bits per heavy atom. The van der Waals surface area contributed by atoms with E-state index in [1.165, 1.54) is 0 Å². The number of benzene rings is 2. The van der Waals surface area contributed by atoms with Crippen LogP contribution >= 0.6 is 0 Å². The van der Waals surface area contributed by atoms with E-state index in [9.17, 15) is 4.79 Å². The van der Waals surface area contributed by atoms with Crippen molar-refractivity contribution in [2.45, 2.75) is 6.61 Å². The van der Waals surface area contributed by atoms with Crippen molar-refractivity contribution in [2.75, 3.05) is 0 Å². The summed E-state index contributed by atoms with van der Waals surface area (Å²) in [6, 6.07) is 13.7. The van der Waals surface area contributed by atoms with Crippen molar-refractivity contribution in [1.82, 2.24) is 10.2 Å². The highest BCUT2D eigenvalue weighted by Crippen LogP contribution is 2.25. The summed E-state index contributed by atoms with van der Waals surface area (Å²) in [6.45, 7) is 0.118. The molecule has 3 aromatic rings. The second-order valence-corrected chi connectivity index (χ2v) is 3.77. The highest BCUT2D eigenvalue weighted by molar-refractivity contribution is 5.88. The lowest BCUT2D eigenvalue weighted by Gasteiger charge is -2.06. The number of aromatic nitrogens is 2. The summed E-state index contributed by atoms with van der Waals surface area (Å²) in [4.78, 5) is 10.8. The van der Waals surface area contributed by atoms with Gasteiger partial charge in [-0.15, -0.1) is 5.10 Å². The van der Waals surface area contributed by atoms with Gasteiger partial charge in [0.1, 0.15) is 5.75 Å². The monoisotopic (exact) mass is 242 g/mol. The summed E-state index contributed by atoms with van der Waals surface area (Å²) >= 11 is 0. The van der Waals surface area contributed by atoms with Crippen LogP contribution in [0.4, 0.5) is 0 Å². The van der Waals surface area contributed by atoms with Crippen molar-refractivity contribution in [3.8, 4) is 5.75 Å². The van der Waals surface area contributed by atoms with Crippen molar-refractivity contribution in [3.05, 3.63) is 58.9 Å². The van der Waals surface area contributed by atoms with Crippen molar-refractivity contribution in [2.24, 2.45) is 0 Å². The second kappa shape index (κ2) is 4.37. The van der Waals surface area contributed by atoms with E-state index >= 15 is 0 Å². The molecule has 1 heterocycles. The first-order valence-corrected chi connectivity index (χ1v) is 5.48. The molecule has 0 amide bonds. The molecule has 0 spiro atoms. The molecule has 0 unspecified atom stereocenters. The average Bonchev–Trinajstić information content (AvgIpc) is 2.82. The molecule has 1 N–H and O–H groups in total. The molecule has 3 rings (SSSR count). The fraction of sp³-hybridized carbons (Fsp3) is 0.0769. The van der Waals surface area contributed by atoms with Gasteiger partial charge in [0.05, 0.1) is 0 Å². The van der Waals surface area contributed by atoms with Crippen molar-refractivity contribution in [1.29, 1.82) is 0 Å². The van der Waals surface area contributed by atoms with Gasteiger partial charge < -0.3 is 9.15 Å². The Kier molecular flexibility index (Phi) is 2.57. The first-order valence-electron chi connectivity index (χ1n) is 5.48. The number of hydrogen-bond acceptors (Lipinski definition) is 4. The number of hydrogen-bond donors (Lipinski definition) is 1. The van der Waals surface area contributed by atoms with Crippen molar-refractivity contribution >= 4 is 10.8 Å². The number of nitrogens with zero attached hydrogens (tertiary/aromatic N) is 1. The standard InChI is InChI=1S/C13H10N2O3/c16-13-15-14-12(18-13)8-17-11-7-3-5-9-4-1-2-6-10(9)11/h1-7H,8H2,(H,15,16). The number of ether oxygens (including phenoxy) is 1. The van der Waals surface area contributed by atoms with E-state index in [1.807, 2.05) is 42.5 Å². The molecule has 0 bridgehead atoms. The fourth-order valence-electron chi connectivity index (χ4n) is 1.78. The summed E-state index contributed by atoms with van der Waals surface area (Å²) < 4.78 is 10.4. The molecule has 5 nitrogen and oxygen atoms in total. The molecular weight excluding hydrogens is 232 g/mol. The Bertz CT molecular complexity index is 725. The molecule has 0 radical (unpaired) electrons. The maximum Gasteiger partial charge on any atom is 0.434 e. The minimum Gasteiger partial charge on any atom is -0.483 e. The van der Waals surface area contributed by atoms with Crippen LogP contribution in [0.5, 0.6) is 5.75 Å². The molecule has 18 heavy (non-hydrogen) atoms.